The SMILES string of the molecule is NC(=O)C(Cc1ccc(Cl)cc1)c1noc(=O)[nH]1. The molecule has 1 amide bonds. The number of benzene rings is 1. The maximum Gasteiger partial charge on any atom is 0.438 e. The van der Waals surface area contributed by atoms with E-state index in [-0.39, 0.29) is 5.82 Å². The number of nitrogens with zero attached hydrogens (tertiary/aromatic N) is 1. The third-order valence-electron chi connectivity index (χ3n) is 2.48. The molecule has 2 rings (SSSR count). The van der Waals surface area contributed by atoms with Crippen LogP contribution in [0.3, 0.4) is 0 Å². The number of H-pyrrole nitrogens is 1. The van der Waals surface area contributed by atoms with E-state index in [2.05, 4.69) is 14.7 Å². The first-order valence-electron chi connectivity index (χ1n) is 5.16. The van der Waals surface area contributed by atoms with Gasteiger partial charge in [0.25, 0.3) is 0 Å². The molecule has 0 bridgehead atoms. The van der Waals surface area contributed by atoms with Gasteiger partial charge in [-0.15, -0.1) is 0 Å². The lowest BCUT2D eigenvalue weighted by Gasteiger charge is -2.09. The van der Waals surface area contributed by atoms with Crippen molar-refractivity contribution in [3.8, 4) is 0 Å². The van der Waals surface area contributed by atoms with Crippen molar-refractivity contribution in [3.05, 3.63) is 51.2 Å². The lowest BCUT2D eigenvalue weighted by Crippen LogP contribution is -2.24. The number of primary amides is 1. The van der Waals surface area contributed by atoms with Crippen molar-refractivity contribution >= 4 is 17.5 Å². The molecule has 94 valence electrons. The first kappa shape index (κ1) is 12.4. The lowest BCUT2D eigenvalue weighted by molar-refractivity contribution is -0.119. The van der Waals surface area contributed by atoms with E-state index < -0.39 is 17.6 Å². The number of rotatable bonds is 4. The molecule has 1 atom stereocenters. The lowest BCUT2D eigenvalue weighted by atomic mass is 9.98. The standard InChI is InChI=1S/C11H10ClN3O3/c12-7-3-1-6(2-4-7)5-8(9(13)16)10-14-11(17)18-15-10/h1-4,8H,5H2,(H2,13,16)(H,14,15,17). The summed E-state index contributed by atoms with van der Waals surface area (Å²) >= 11 is 5.76. The minimum Gasteiger partial charge on any atom is -0.369 e. The Balaban J connectivity index is 2.24. The monoisotopic (exact) mass is 267 g/mol. The van der Waals surface area contributed by atoms with Gasteiger partial charge in [-0.25, -0.2) is 4.79 Å². The van der Waals surface area contributed by atoms with Gasteiger partial charge in [0.2, 0.25) is 5.91 Å². The molecule has 18 heavy (non-hydrogen) atoms. The number of hydrogen-bond acceptors (Lipinski definition) is 4. The zero-order valence-electron chi connectivity index (χ0n) is 9.22. The van der Waals surface area contributed by atoms with E-state index in [0.29, 0.717) is 11.4 Å². The second-order valence-electron chi connectivity index (χ2n) is 3.77. The van der Waals surface area contributed by atoms with Crippen molar-refractivity contribution in [2.24, 2.45) is 5.73 Å². The summed E-state index contributed by atoms with van der Waals surface area (Å²) in [7, 11) is 0. The molecule has 0 aliphatic carbocycles. The molecule has 0 aliphatic heterocycles. The Morgan fingerprint density at radius 1 is 1.44 bits per heavy atom. The van der Waals surface area contributed by atoms with Crippen LogP contribution in [-0.2, 0) is 11.2 Å². The van der Waals surface area contributed by atoms with Crippen LogP contribution in [0.1, 0.15) is 17.3 Å². The molecule has 0 saturated carbocycles. The summed E-state index contributed by atoms with van der Waals surface area (Å²) in [6.45, 7) is 0. The first-order valence-corrected chi connectivity index (χ1v) is 5.53. The third-order valence-corrected chi connectivity index (χ3v) is 2.74. The summed E-state index contributed by atoms with van der Waals surface area (Å²) in [6, 6.07) is 6.97. The number of amides is 1. The number of halogens is 1. The van der Waals surface area contributed by atoms with Gasteiger partial charge < -0.3 is 5.73 Å². The van der Waals surface area contributed by atoms with E-state index in [0.717, 1.165) is 5.56 Å². The van der Waals surface area contributed by atoms with E-state index in [1.54, 1.807) is 24.3 Å². The van der Waals surface area contributed by atoms with Crippen LogP contribution in [0.15, 0.2) is 33.6 Å². The fourth-order valence-corrected chi connectivity index (χ4v) is 1.71. The Morgan fingerprint density at radius 2 is 2.11 bits per heavy atom. The summed E-state index contributed by atoms with van der Waals surface area (Å²) in [5.74, 6) is -1.91. The Hall–Kier alpha value is -2.08. The van der Waals surface area contributed by atoms with Crippen LogP contribution in [0.5, 0.6) is 0 Å². The van der Waals surface area contributed by atoms with Crippen LogP contribution < -0.4 is 11.5 Å². The molecule has 1 aromatic carbocycles. The fraction of sp³-hybridized carbons (Fsp3) is 0.182. The van der Waals surface area contributed by atoms with Gasteiger partial charge in [-0.3, -0.25) is 14.3 Å². The number of nitrogens with one attached hydrogen (secondary N) is 1. The van der Waals surface area contributed by atoms with Crippen LogP contribution in [0.4, 0.5) is 0 Å². The van der Waals surface area contributed by atoms with Crippen LogP contribution in [0.2, 0.25) is 5.02 Å². The molecule has 0 spiro atoms. The number of carbonyl (C=O) groups excluding carboxylic acids is 1. The fourth-order valence-electron chi connectivity index (χ4n) is 1.58. The molecule has 7 heteroatoms. The molecule has 0 aliphatic rings. The number of aromatic nitrogens is 2. The van der Waals surface area contributed by atoms with Gasteiger partial charge in [-0.05, 0) is 24.1 Å². The third kappa shape index (κ3) is 2.78. The Labute approximate surface area is 107 Å². The second-order valence-corrected chi connectivity index (χ2v) is 4.20. The molecule has 1 heterocycles. The van der Waals surface area contributed by atoms with Gasteiger partial charge in [-0.1, -0.05) is 28.9 Å². The van der Waals surface area contributed by atoms with Gasteiger partial charge in [0.1, 0.15) is 5.92 Å². The van der Waals surface area contributed by atoms with Gasteiger partial charge in [-0.2, -0.15) is 0 Å². The van der Waals surface area contributed by atoms with E-state index in [9.17, 15) is 9.59 Å². The smallest absolute Gasteiger partial charge is 0.369 e. The van der Waals surface area contributed by atoms with Crippen molar-refractivity contribution < 1.29 is 9.32 Å². The summed E-state index contributed by atoms with van der Waals surface area (Å²) in [6.07, 6.45) is 0.314. The molecule has 0 fully saturated rings. The predicted octanol–water partition coefficient (Wildman–Crippen LogP) is 0.828. The van der Waals surface area contributed by atoms with Crippen LogP contribution in [0.25, 0.3) is 0 Å². The average Bonchev–Trinajstić information content (AvgIpc) is 2.74. The number of carbonyl (C=O) groups is 1. The Bertz CT molecular complexity index is 602. The largest absolute Gasteiger partial charge is 0.438 e. The second kappa shape index (κ2) is 5.05. The van der Waals surface area contributed by atoms with Crippen molar-refractivity contribution in [3.63, 3.8) is 0 Å². The minimum atomic E-state index is -0.738. The number of hydrogen-bond donors (Lipinski definition) is 2. The molecule has 0 saturated heterocycles. The number of nitrogens with two attached hydrogens (primary N) is 1. The van der Waals surface area contributed by atoms with Crippen LogP contribution in [0, 0.1) is 0 Å². The van der Waals surface area contributed by atoms with Crippen LogP contribution >= 0.6 is 11.6 Å². The normalized spacial score (nSPS) is 12.3. The predicted molar refractivity (Wildman–Crippen MR) is 64.2 cm³/mol. The topological polar surface area (TPSA) is 102 Å². The maximum atomic E-state index is 11.4. The summed E-state index contributed by atoms with van der Waals surface area (Å²) in [5.41, 5.74) is 6.14. The number of aromatic amines is 1. The van der Waals surface area contributed by atoms with Crippen molar-refractivity contribution in [2.75, 3.05) is 0 Å². The van der Waals surface area contributed by atoms with Gasteiger partial charge >= 0.3 is 5.76 Å². The zero-order chi connectivity index (χ0) is 13.1. The highest BCUT2D eigenvalue weighted by atomic mass is 35.5. The van der Waals surface area contributed by atoms with E-state index >= 15 is 0 Å². The highest BCUT2D eigenvalue weighted by Gasteiger charge is 2.22. The Kier molecular flexibility index (Phi) is 3.47. The molecular formula is C11H10ClN3O3. The van der Waals surface area contributed by atoms with E-state index in [1.165, 1.54) is 0 Å². The highest BCUT2D eigenvalue weighted by molar-refractivity contribution is 6.30. The minimum absolute atomic E-state index is 0.127. The van der Waals surface area contributed by atoms with Crippen molar-refractivity contribution in [2.45, 2.75) is 12.3 Å². The molecule has 3 N–H and O–H groups in total. The first-order chi connectivity index (χ1) is 8.56. The summed E-state index contributed by atoms with van der Waals surface area (Å²) in [5, 5.41) is 4.08. The molecular weight excluding hydrogens is 258 g/mol. The molecule has 6 nitrogen and oxygen atoms in total. The van der Waals surface area contributed by atoms with Crippen LogP contribution in [-0.4, -0.2) is 16.0 Å². The van der Waals surface area contributed by atoms with Gasteiger partial charge in [0.05, 0.1) is 0 Å². The average molecular weight is 268 g/mol. The quantitative estimate of drug-likeness (QED) is 0.856. The van der Waals surface area contributed by atoms with E-state index in [4.69, 9.17) is 17.3 Å². The summed E-state index contributed by atoms with van der Waals surface area (Å²) in [4.78, 5) is 24.6. The maximum absolute atomic E-state index is 11.4. The van der Waals surface area contributed by atoms with Crippen molar-refractivity contribution in [1.29, 1.82) is 0 Å². The molecule has 1 aromatic heterocycles. The summed E-state index contributed by atoms with van der Waals surface area (Å²) < 4.78 is 4.36. The molecule has 2 aromatic rings. The zero-order valence-corrected chi connectivity index (χ0v) is 9.98. The van der Waals surface area contributed by atoms with E-state index in [1.807, 2.05) is 0 Å². The molecule has 0 radical (unpaired) electrons. The highest BCUT2D eigenvalue weighted by Crippen LogP contribution is 2.18. The van der Waals surface area contributed by atoms with Gasteiger partial charge in [0.15, 0.2) is 5.82 Å². The Morgan fingerprint density at radius 3 is 2.61 bits per heavy atom. The van der Waals surface area contributed by atoms with Gasteiger partial charge in [0, 0.05) is 5.02 Å². The molecule has 1 unspecified atom stereocenters. The van der Waals surface area contributed by atoms with Crippen molar-refractivity contribution in [1.82, 2.24) is 10.1 Å².